The van der Waals surface area contributed by atoms with Crippen molar-refractivity contribution in [3.05, 3.63) is 33.8 Å². The highest BCUT2D eigenvalue weighted by molar-refractivity contribution is 6.36. The number of nitrogens with one attached hydrogen (secondary N) is 1. The third-order valence-corrected chi connectivity index (χ3v) is 4.84. The molecule has 0 aromatic heterocycles. The monoisotopic (exact) mass is 327 g/mol. The Labute approximate surface area is 137 Å². The largest absolute Gasteiger partial charge is 0.353 e. The maximum atomic E-state index is 12.1. The minimum Gasteiger partial charge on any atom is -0.353 e. The molecule has 21 heavy (non-hydrogen) atoms. The van der Waals surface area contributed by atoms with Crippen molar-refractivity contribution in [2.24, 2.45) is 0 Å². The predicted octanol–water partition coefficient (Wildman–Crippen LogP) is 5.16. The van der Waals surface area contributed by atoms with Gasteiger partial charge >= 0.3 is 0 Å². The molecule has 0 aliphatic heterocycles. The molecule has 1 aliphatic carbocycles. The number of hydrogen-bond donors (Lipinski definition) is 1. The van der Waals surface area contributed by atoms with Gasteiger partial charge in [-0.05, 0) is 37.0 Å². The van der Waals surface area contributed by atoms with Crippen LogP contribution in [0.1, 0.15) is 56.9 Å². The molecule has 1 aromatic carbocycles. The van der Waals surface area contributed by atoms with Crippen LogP contribution in [0.3, 0.4) is 0 Å². The number of benzene rings is 1. The van der Waals surface area contributed by atoms with Crippen LogP contribution in [-0.2, 0) is 11.2 Å². The van der Waals surface area contributed by atoms with E-state index in [4.69, 9.17) is 23.2 Å². The van der Waals surface area contributed by atoms with Gasteiger partial charge in [-0.2, -0.15) is 0 Å². The molecule has 0 bridgehead atoms. The molecule has 1 fully saturated rings. The van der Waals surface area contributed by atoms with E-state index in [-0.39, 0.29) is 5.91 Å². The zero-order valence-corrected chi connectivity index (χ0v) is 13.8. The summed E-state index contributed by atoms with van der Waals surface area (Å²) in [5, 5.41) is 4.45. The Morgan fingerprint density at radius 1 is 1.05 bits per heavy atom. The van der Waals surface area contributed by atoms with Crippen molar-refractivity contribution in [1.29, 1.82) is 0 Å². The van der Waals surface area contributed by atoms with Crippen molar-refractivity contribution in [2.75, 3.05) is 0 Å². The first-order valence-corrected chi connectivity index (χ1v) is 8.64. The summed E-state index contributed by atoms with van der Waals surface area (Å²) in [6.45, 7) is 0. The molecule has 0 unspecified atom stereocenters. The van der Waals surface area contributed by atoms with E-state index in [1.807, 2.05) is 18.2 Å². The first-order chi connectivity index (χ1) is 10.2. The fourth-order valence-corrected chi connectivity index (χ4v) is 3.50. The van der Waals surface area contributed by atoms with Crippen molar-refractivity contribution >= 4 is 29.1 Å². The van der Waals surface area contributed by atoms with E-state index in [1.54, 1.807) is 0 Å². The molecule has 1 aliphatic rings. The molecule has 116 valence electrons. The lowest BCUT2D eigenvalue weighted by Crippen LogP contribution is -2.35. The van der Waals surface area contributed by atoms with E-state index in [9.17, 15) is 4.79 Å². The SMILES string of the molecule is O=C(CCc1c(Cl)cccc1Cl)NC1CCCCCCC1. The first-order valence-electron chi connectivity index (χ1n) is 7.89. The third kappa shape index (κ3) is 5.52. The maximum Gasteiger partial charge on any atom is 0.220 e. The molecule has 0 radical (unpaired) electrons. The molecule has 2 nitrogen and oxygen atoms in total. The molecular weight excluding hydrogens is 305 g/mol. The van der Waals surface area contributed by atoms with Crippen LogP contribution in [0.25, 0.3) is 0 Å². The molecule has 4 heteroatoms. The van der Waals surface area contributed by atoms with E-state index in [1.165, 1.54) is 32.1 Å². The zero-order valence-electron chi connectivity index (χ0n) is 12.3. The minimum atomic E-state index is 0.108. The Balaban J connectivity index is 1.81. The van der Waals surface area contributed by atoms with Crippen molar-refractivity contribution in [2.45, 2.75) is 63.8 Å². The van der Waals surface area contributed by atoms with Gasteiger partial charge in [-0.25, -0.2) is 0 Å². The van der Waals surface area contributed by atoms with E-state index >= 15 is 0 Å². The van der Waals surface area contributed by atoms with Crippen LogP contribution >= 0.6 is 23.2 Å². The highest BCUT2D eigenvalue weighted by Crippen LogP contribution is 2.25. The average Bonchev–Trinajstić information content (AvgIpc) is 2.41. The average molecular weight is 328 g/mol. The van der Waals surface area contributed by atoms with Gasteiger partial charge in [0.2, 0.25) is 5.91 Å². The summed E-state index contributed by atoms with van der Waals surface area (Å²) in [6.07, 6.45) is 9.63. The molecular formula is C17H23Cl2NO. The fraction of sp³-hybridized carbons (Fsp3) is 0.588. The summed E-state index contributed by atoms with van der Waals surface area (Å²) in [5.74, 6) is 0.108. The lowest BCUT2D eigenvalue weighted by molar-refractivity contribution is -0.121. The molecule has 0 atom stereocenters. The van der Waals surface area contributed by atoms with Gasteiger partial charge in [-0.15, -0.1) is 0 Å². The summed E-state index contributed by atoms with van der Waals surface area (Å²) >= 11 is 12.3. The van der Waals surface area contributed by atoms with Crippen molar-refractivity contribution < 1.29 is 4.79 Å². The number of carbonyl (C=O) groups is 1. The lowest BCUT2D eigenvalue weighted by atomic mass is 9.96. The molecule has 1 amide bonds. The van der Waals surface area contributed by atoms with Crippen LogP contribution in [0.15, 0.2) is 18.2 Å². The molecule has 2 rings (SSSR count). The summed E-state index contributed by atoms with van der Waals surface area (Å²) in [6, 6.07) is 5.80. The second-order valence-electron chi connectivity index (χ2n) is 5.81. The van der Waals surface area contributed by atoms with Crippen LogP contribution in [0.2, 0.25) is 10.0 Å². The smallest absolute Gasteiger partial charge is 0.220 e. The van der Waals surface area contributed by atoms with Crippen molar-refractivity contribution in [1.82, 2.24) is 5.32 Å². The van der Waals surface area contributed by atoms with Gasteiger partial charge in [-0.3, -0.25) is 4.79 Å². The summed E-state index contributed by atoms with van der Waals surface area (Å²) in [7, 11) is 0. The minimum absolute atomic E-state index is 0.108. The van der Waals surface area contributed by atoms with E-state index in [0.717, 1.165) is 18.4 Å². The van der Waals surface area contributed by atoms with Crippen LogP contribution in [-0.4, -0.2) is 11.9 Å². The van der Waals surface area contributed by atoms with E-state index in [2.05, 4.69) is 5.32 Å². The van der Waals surface area contributed by atoms with Crippen molar-refractivity contribution in [3.63, 3.8) is 0 Å². The normalized spacial score (nSPS) is 17.0. The molecule has 0 heterocycles. The highest BCUT2D eigenvalue weighted by atomic mass is 35.5. The molecule has 1 saturated carbocycles. The summed E-state index contributed by atoms with van der Waals surface area (Å²) < 4.78 is 0. The lowest BCUT2D eigenvalue weighted by Gasteiger charge is -2.21. The first kappa shape index (κ1) is 16.6. The number of halogens is 2. The molecule has 0 spiro atoms. The molecule has 1 aromatic rings. The van der Waals surface area contributed by atoms with Gasteiger partial charge in [-0.1, -0.05) is 61.4 Å². The van der Waals surface area contributed by atoms with Gasteiger partial charge < -0.3 is 5.32 Å². The van der Waals surface area contributed by atoms with Crippen LogP contribution in [0, 0.1) is 0 Å². The molecule has 0 saturated heterocycles. The second-order valence-corrected chi connectivity index (χ2v) is 6.62. The van der Waals surface area contributed by atoms with E-state index in [0.29, 0.717) is 28.9 Å². The summed E-state index contributed by atoms with van der Waals surface area (Å²) in [4.78, 5) is 12.1. The number of carbonyl (C=O) groups excluding carboxylic acids is 1. The predicted molar refractivity (Wildman–Crippen MR) is 89.0 cm³/mol. The standard InChI is InChI=1S/C17H23Cl2NO/c18-15-9-6-10-16(19)14(15)11-12-17(21)20-13-7-4-2-1-3-5-8-13/h6,9-10,13H,1-5,7-8,11-12H2,(H,20,21). The van der Waals surface area contributed by atoms with Gasteiger partial charge in [0.1, 0.15) is 0 Å². The third-order valence-electron chi connectivity index (χ3n) is 4.13. The molecule has 1 N–H and O–H groups in total. The number of amides is 1. The Hall–Kier alpha value is -0.730. The Morgan fingerprint density at radius 2 is 1.62 bits per heavy atom. The number of hydrogen-bond acceptors (Lipinski definition) is 1. The zero-order chi connectivity index (χ0) is 15.1. The Bertz CT molecular complexity index is 448. The van der Waals surface area contributed by atoms with Crippen LogP contribution in [0.5, 0.6) is 0 Å². The van der Waals surface area contributed by atoms with Gasteiger partial charge in [0.05, 0.1) is 0 Å². The van der Waals surface area contributed by atoms with Crippen molar-refractivity contribution in [3.8, 4) is 0 Å². The van der Waals surface area contributed by atoms with Crippen LogP contribution in [0.4, 0.5) is 0 Å². The van der Waals surface area contributed by atoms with E-state index < -0.39 is 0 Å². The van der Waals surface area contributed by atoms with Gasteiger partial charge in [0.25, 0.3) is 0 Å². The van der Waals surface area contributed by atoms with Gasteiger partial charge in [0, 0.05) is 22.5 Å². The van der Waals surface area contributed by atoms with Crippen LogP contribution < -0.4 is 5.32 Å². The Kier molecular flexibility index (Phi) is 6.85. The maximum absolute atomic E-state index is 12.1. The fourth-order valence-electron chi connectivity index (χ4n) is 2.91. The topological polar surface area (TPSA) is 29.1 Å². The Morgan fingerprint density at radius 3 is 2.24 bits per heavy atom. The second kappa shape index (κ2) is 8.65. The number of rotatable bonds is 4. The quantitative estimate of drug-likeness (QED) is 0.813. The highest BCUT2D eigenvalue weighted by Gasteiger charge is 2.15. The van der Waals surface area contributed by atoms with Gasteiger partial charge in [0.15, 0.2) is 0 Å². The summed E-state index contributed by atoms with van der Waals surface area (Å²) in [5.41, 5.74) is 0.869.